The number of sulfonamides is 1. The Kier molecular flexibility index (Phi) is 5.24. The first-order chi connectivity index (χ1) is 10.3. The van der Waals surface area contributed by atoms with E-state index in [2.05, 4.69) is 0 Å². The van der Waals surface area contributed by atoms with Crippen LogP contribution >= 0.6 is 0 Å². The number of nitrogens with zero attached hydrogens (tertiary/aromatic N) is 2. The SMILES string of the molecule is CC(c1ccccc1)N(C)C(=O)C1CCCN(S(C)(=O)=O)C1. The van der Waals surface area contributed by atoms with Crippen molar-refractivity contribution in [3.8, 4) is 0 Å². The number of carbonyl (C=O) groups is 1. The van der Waals surface area contributed by atoms with E-state index in [1.165, 1.54) is 10.6 Å². The lowest BCUT2D eigenvalue weighted by Crippen LogP contribution is -2.46. The van der Waals surface area contributed by atoms with Crippen LogP contribution in [0.25, 0.3) is 0 Å². The highest BCUT2D eigenvalue weighted by atomic mass is 32.2. The summed E-state index contributed by atoms with van der Waals surface area (Å²) in [6, 6.07) is 9.83. The van der Waals surface area contributed by atoms with Gasteiger partial charge in [-0.15, -0.1) is 0 Å². The van der Waals surface area contributed by atoms with Gasteiger partial charge < -0.3 is 4.90 Å². The molecule has 2 rings (SSSR count). The molecular weight excluding hydrogens is 300 g/mol. The van der Waals surface area contributed by atoms with Crippen LogP contribution in [0.4, 0.5) is 0 Å². The molecule has 0 aromatic heterocycles. The van der Waals surface area contributed by atoms with Crippen molar-refractivity contribution in [2.75, 3.05) is 26.4 Å². The molecule has 0 spiro atoms. The first kappa shape index (κ1) is 17.0. The standard InChI is InChI=1S/C16H24N2O3S/c1-13(14-8-5-4-6-9-14)17(2)16(19)15-10-7-11-18(12-15)22(3,20)21/h4-6,8-9,13,15H,7,10-12H2,1-3H3. The van der Waals surface area contributed by atoms with Gasteiger partial charge in [-0.2, -0.15) is 0 Å². The van der Waals surface area contributed by atoms with Gasteiger partial charge in [0, 0.05) is 20.1 Å². The topological polar surface area (TPSA) is 57.7 Å². The molecule has 1 aliphatic rings. The maximum atomic E-state index is 12.7. The minimum atomic E-state index is -3.23. The molecule has 122 valence electrons. The molecule has 0 radical (unpaired) electrons. The Morgan fingerprint density at radius 1 is 1.32 bits per heavy atom. The van der Waals surface area contributed by atoms with Gasteiger partial charge in [-0.05, 0) is 25.3 Å². The van der Waals surface area contributed by atoms with Crippen LogP contribution in [0.1, 0.15) is 31.4 Å². The zero-order valence-corrected chi connectivity index (χ0v) is 14.2. The second kappa shape index (κ2) is 6.79. The fourth-order valence-electron chi connectivity index (χ4n) is 2.88. The third-order valence-corrected chi connectivity index (χ3v) is 5.68. The smallest absolute Gasteiger partial charge is 0.227 e. The summed E-state index contributed by atoms with van der Waals surface area (Å²) in [5, 5.41) is 0. The van der Waals surface area contributed by atoms with Gasteiger partial charge in [0.05, 0.1) is 18.2 Å². The van der Waals surface area contributed by atoms with Gasteiger partial charge in [0.15, 0.2) is 0 Å². The molecule has 22 heavy (non-hydrogen) atoms. The molecule has 1 fully saturated rings. The second-order valence-electron chi connectivity index (χ2n) is 6.00. The molecule has 1 aromatic carbocycles. The lowest BCUT2D eigenvalue weighted by molar-refractivity contribution is -0.137. The van der Waals surface area contributed by atoms with Crippen LogP contribution in [0.15, 0.2) is 30.3 Å². The Morgan fingerprint density at radius 2 is 1.95 bits per heavy atom. The molecule has 1 heterocycles. The van der Waals surface area contributed by atoms with Crippen molar-refractivity contribution in [1.29, 1.82) is 0 Å². The van der Waals surface area contributed by atoms with E-state index in [1.807, 2.05) is 37.3 Å². The van der Waals surface area contributed by atoms with Gasteiger partial charge in [0.25, 0.3) is 0 Å². The van der Waals surface area contributed by atoms with E-state index in [4.69, 9.17) is 0 Å². The summed E-state index contributed by atoms with van der Waals surface area (Å²) in [6.07, 6.45) is 2.68. The number of carbonyl (C=O) groups excluding carboxylic acids is 1. The molecule has 6 heteroatoms. The highest BCUT2D eigenvalue weighted by Gasteiger charge is 2.32. The van der Waals surface area contributed by atoms with E-state index >= 15 is 0 Å². The molecule has 5 nitrogen and oxygen atoms in total. The summed E-state index contributed by atoms with van der Waals surface area (Å²) in [5.74, 6) is -0.232. The molecule has 0 bridgehead atoms. The third-order valence-electron chi connectivity index (χ3n) is 4.41. The first-order valence-corrected chi connectivity index (χ1v) is 9.42. The third kappa shape index (κ3) is 3.87. The predicted molar refractivity (Wildman–Crippen MR) is 86.8 cm³/mol. The van der Waals surface area contributed by atoms with Crippen LogP contribution in [0.5, 0.6) is 0 Å². The number of hydrogen-bond acceptors (Lipinski definition) is 3. The minimum Gasteiger partial charge on any atom is -0.339 e. The van der Waals surface area contributed by atoms with E-state index in [1.54, 1.807) is 11.9 Å². The summed E-state index contributed by atoms with van der Waals surface area (Å²) < 4.78 is 24.8. The summed E-state index contributed by atoms with van der Waals surface area (Å²) in [4.78, 5) is 14.4. The van der Waals surface area contributed by atoms with Crippen LogP contribution in [-0.4, -0.2) is 49.9 Å². The average Bonchev–Trinajstić information content (AvgIpc) is 2.53. The largest absolute Gasteiger partial charge is 0.339 e. The summed E-state index contributed by atoms with van der Waals surface area (Å²) in [6.45, 7) is 2.80. The highest BCUT2D eigenvalue weighted by molar-refractivity contribution is 7.88. The Morgan fingerprint density at radius 3 is 2.55 bits per heavy atom. The van der Waals surface area contributed by atoms with Crippen molar-refractivity contribution >= 4 is 15.9 Å². The zero-order chi connectivity index (χ0) is 16.3. The van der Waals surface area contributed by atoms with E-state index in [0.29, 0.717) is 13.1 Å². The normalized spacial score (nSPS) is 21.3. The quantitative estimate of drug-likeness (QED) is 0.850. The van der Waals surface area contributed by atoms with Crippen LogP contribution in [0, 0.1) is 5.92 Å². The molecule has 2 atom stereocenters. The second-order valence-corrected chi connectivity index (χ2v) is 7.98. The zero-order valence-electron chi connectivity index (χ0n) is 13.4. The molecule has 1 amide bonds. The van der Waals surface area contributed by atoms with Crippen LogP contribution < -0.4 is 0 Å². The predicted octanol–water partition coefficient (Wildman–Crippen LogP) is 1.88. The summed E-state index contributed by atoms with van der Waals surface area (Å²) >= 11 is 0. The maximum Gasteiger partial charge on any atom is 0.227 e. The number of hydrogen-bond donors (Lipinski definition) is 0. The first-order valence-electron chi connectivity index (χ1n) is 7.57. The van der Waals surface area contributed by atoms with Crippen molar-refractivity contribution in [1.82, 2.24) is 9.21 Å². The van der Waals surface area contributed by atoms with Crippen LogP contribution in [0.2, 0.25) is 0 Å². The molecule has 1 saturated heterocycles. The fraction of sp³-hybridized carbons (Fsp3) is 0.562. The highest BCUT2D eigenvalue weighted by Crippen LogP contribution is 2.25. The van der Waals surface area contributed by atoms with Crippen molar-refractivity contribution in [3.63, 3.8) is 0 Å². The number of amides is 1. The molecule has 1 aliphatic heterocycles. The van der Waals surface area contributed by atoms with Gasteiger partial charge in [0.2, 0.25) is 15.9 Å². The van der Waals surface area contributed by atoms with E-state index in [9.17, 15) is 13.2 Å². The van der Waals surface area contributed by atoms with Crippen LogP contribution in [-0.2, 0) is 14.8 Å². The van der Waals surface area contributed by atoms with Crippen molar-refractivity contribution in [2.45, 2.75) is 25.8 Å². The Balaban J connectivity index is 2.07. The average molecular weight is 324 g/mol. The van der Waals surface area contributed by atoms with Crippen molar-refractivity contribution in [3.05, 3.63) is 35.9 Å². The summed E-state index contributed by atoms with van der Waals surface area (Å²) in [7, 11) is -1.44. The lowest BCUT2D eigenvalue weighted by Gasteiger charge is -2.34. The number of piperidine rings is 1. The minimum absolute atomic E-state index is 0.0182. The van der Waals surface area contributed by atoms with Crippen LogP contribution in [0.3, 0.4) is 0 Å². The lowest BCUT2D eigenvalue weighted by atomic mass is 9.97. The maximum absolute atomic E-state index is 12.7. The molecule has 0 aliphatic carbocycles. The fourth-order valence-corrected chi connectivity index (χ4v) is 3.79. The number of rotatable bonds is 4. The monoisotopic (exact) mass is 324 g/mol. The van der Waals surface area contributed by atoms with E-state index in [0.717, 1.165) is 18.4 Å². The van der Waals surface area contributed by atoms with Crippen molar-refractivity contribution in [2.24, 2.45) is 5.92 Å². The van der Waals surface area contributed by atoms with Gasteiger partial charge in [-0.3, -0.25) is 4.79 Å². The van der Waals surface area contributed by atoms with Gasteiger partial charge in [-0.1, -0.05) is 30.3 Å². The Labute approximate surface area is 133 Å². The van der Waals surface area contributed by atoms with Crippen molar-refractivity contribution < 1.29 is 13.2 Å². The molecule has 0 N–H and O–H groups in total. The number of benzene rings is 1. The van der Waals surface area contributed by atoms with E-state index < -0.39 is 10.0 Å². The molecule has 2 unspecified atom stereocenters. The molecule has 1 aromatic rings. The Hall–Kier alpha value is -1.40. The molecular formula is C16H24N2O3S. The van der Waals surface area contributed by atoms with E-state index in [-0.39, 0.29) is 17.9 Å². The van der Waals surface area contributed by atoms with Gasteiger partial charge in [-0.25, -0.2) is 12.7 Å². The molecule has 0 saturated carbocycles. The van der Waals surface area contributed by atoms with Gasteiger partial charge in [0.1, 0.15) is 0 Å². The Bertz CT molecular complexity index is 616. The summed E-state index contributed by atoms with van der Waals surface area (Å²) in [5.41, 5.74) is 1.08. The van der Waals surface area contributed by atoms with Gasteiger partial charge >= 0.3 is 0 Å².